The van der Waals surface area contributed by atoms with Crippen LogP contribution < -0.4 is 0 Å². The normalized spacial score (nSPS) is 11.7. The van der Waals surface area contributed by atoms with E-state index in [9.17, 15) is 14.4 Å². The molecular formula is C20H36NO6+. The van der Waals surface area contributed by atoms with Gasteiger partial charge in [0.05, 0.1) is 6.20 Å². The molecular weight excluding hydrogens is 350 g/mol. The van der Waals surface area contributed by atoms with E-state index in [-0.39, 0.29) is 0 Å². The van der Waals surface area contributed by atoms with Crippen molar-refractivity contribution in [1.82, 2.24) is 0 Å². The fraction of sp³-hybridized carbons (Fsp3) is 0.750. The zero-order chi connectivity index (χ0) is 20.5. The number of aliphatic carboxylic acids is 3. The molecule has 0 rings (SSSR count). The van der Waals surface area contributed by atoms with Crippen LogP contribution in [0.3, 0.4) is 0 Å². The highest BCUT2D eigenvalue weighted by molar-refractivity contribution is 5.73. The molecule has 0 saturated carbocycles. The smallest absolute Gasteiger partial charge is 0.359 e. The fourth-order valence-corrected chi connectivity index (χ4v) is 3.18. The third-order valence-electron chi connectivity index (χ3n) is 4.50. The van der Waals surface area contributed by atoms with Gasteiger partial charge in [-0.3, -0.25) is 4.48 Å². The van der Waals surface area contributed by atoms with Crippen molar-refractivity contribution in [3.63, 3.8) is 0 Å². The highest BCUT2D eigenvalue weighted by atomic mass is 16.4. The molecule has 0 aromatic heterocycles. The predicted molar refractivity (Wildman–Crippen MR) is 103 cm³/mol. The summed E-state index contributed by atoms with van der Waals surface area (Å²) in [6.07, 6.45) is 16.0. The van der Waals surface area contributed by atoms with Gasteiger partial charge in [0.25, 0.3) is 0 Å². The number of rotatable bonds is 18. The molecule has 0 saturated heterocycles. The molecule has 0 aromatic rings. The average Bonchev–Trinajstić information content (AvgIpc) is 2.53. The summed E-state index contributed by atoms with van der Waals surface area (Å²) in [7, 11) is 0. The Morgan fingerprint density at radius 2 is 1.04 bits per heavy atom. The fourth-order valence-electron chi connectivity index (χ4n) is 3.18. The highest BCUT2D eigenvalue weighted by Crippen LogP contribution is 2.13. The molecule has 0 radical (unpaired) electrons. The maximum Gasteiger partial charge on any atom is 0.359 e. The Morgan fingerprint density at radius 1 is 0.667 bits per heavy atom. The van der Waals surface area contributed by atoms with Gasteiger partial charge in [-0.15, -0.1) is 0 Å². The second kappa shape index (κ2) is 15.2. The Kier molecular flexibility index (Phi) is 14.1. The number of carboxylic acid groups (broad SMARTS) is 3. The van der Waals surface area contributed by atoms with Crippen molar-refractivity contribution >= 4 is 17.9 Å². The van der Waals surface area contributed by atoms with Crippen molar-refractivity contribution in [1.29, 1.82) is 0 Å². The van der Waals surface area contributed by atoms with Crippen molar-refractivity contribution in [3.8, 4) is 0 Å². The zero-order valence-electron chi connectivity index (χ0n) is 16.6. The molecule has 156 valence electrons. The van der Waals surface area contributed by atoms with Gasteiger partial charge in [-0.05, 0) is 18.9 Å². The number of hydrogen-bond donors (Lipinski definition) is 3. The van der Waals surface area contributed by atoms with E-state index in [4.69, 9.17) is 15.3 Å². The summed E-state index contributed by atoms with van der Waals surface area (Å²) >= 11 is 0. The molecule has 7 heteroatoms. The van der Waals surface area contributed by atoms with Gasteiger partial charge < -0.3 is 15.3 Å². The van der Waals surface area contributed by atoms with Gasteiger partial charge in [0.1, 0.15) is 0 Å². The lowest BCUT2D eigenvalue weighted by Crippen LogP contribution is -2.52. The van der Waals surface area contributed by atoms with E-state index in [1.54, 1.807) is 6.08 Å². The van der Waals surface area contributed by atoms with E-state index in [0.717, 1.165) is 19.3 Å². The van der Waals surface area contributed by atoms with E-state index in [0.29, 0.717) is 6.42 Å². The lowest BCUT2D eigenvalue weighted by atomic mass is 10.1. The SMILES string of the molecule is CCCCCCCCCCCC/C=C/[N+](CC(=O)O)(CC(=O)O)CC(=O)O. The number of nitrogens with zero attached hydrogens (tertiary/aromatic N) is 1. The second-order valence-corrected chi connectivity index (χ2v) is 7.23. The van der Waals surface area contributed by atoms with E-state index in [1.807, 2.05) is 0 Å². The molecule has 0 heterocycles. The van der Waals surface area contributed by atoms with E-state index in [1.165, 1.54) is 51.1 Å². The summed E-state index contributed by atoms with van der Waals surface area (Å²) in [5, 5.41) is 27.1. The average molecular weight is 387 g/mol. The van der Waals surface area contributed by atoms with Crippen LogP contribution in [0.4, 0.5) is 0 Å². The minimum atomic E-state index is -1.22. The van der Waals surface area contributed by atoms with Gasteiger partial charge in [-0.25, -0.2) is 14.4 Å². The van der Waals surface area contributed by atoms with Crippen molar-refractivity contribution in [2.45, 2.75) is 77.6 Å². The van der Waals surface area contributed by atoms with Crippen LogP contribution in [0.25, 0.3) is 0 Å². The first-order valence-electron chi connectivity index (χ1n) is 10.00. The monoisotopic (exact) mass is 386 g/mol. The number of carboxylic acids is 3. The van der Waals surface area contributed by atoms with Crippen molar-refractivity contribution in [2.75, 3.05) is 19.6 Å². The Labute approximate surface area is 162 Å². The van der Waals surface area contributed by atoms with Crippen LogP contribution in [0.2, 0.25) is 0 Å². The topological polar surface area (TPSA) is 112 Å². The molecule has 0 aliphatic rings. The lowest BCUT2D eigenvalue weighted by molar-refractivity contribution is -0.857. The third-order valence-corrected chi connectivity index (χ3v) is 4.50. The minimum absolute atomic E-state index is 0.562. The van der Waals surface area contributed by atoms with Crippen molar-refractivity contribution in [3.05, 3.63) is 12.3 Å². The molecule has 0 spiro atoms. The van der Waals surface area contributed by atoms with Crippen LogP contribution in [0.5, 0.6) is 0 Å². The molecule has 0 fully saturated rings. The van der Waals surface area contributed by atoms with Crippen LogP contribution in [0, 0.1) is 0 Å². The number of hydrogen-bond acceptors (Lipinski definition) is 3. The molecule has 0 unspecified atom stereocenters. The number of unbranched alkanes of at least 4 members (excludes halogenated alkanes) is 10. The van der Waals surface area contributed by atoms with Crippen LogP contribution in [0.15, 0.2) is 12.3 Å². The van der Waals surface area contributed by atoms with Gasteiger partial charge in [-0.2, -0.15) is 0 Å². The van der Waals surface area contributed by atoms with Crippen LogP contribution in [-0.4, -0.2) is 57.3 Å². The first kappa shape index (κ1) is 25.1. The summed E-state index contributed by atoms with van der Waals surface area (Å²) < 4.78 is -0.613. The minimum Gasteiger partial charge on any atom is -0.477 e. The van der Waals surface area contributed by atoms with E-state index in [2.05, 4.69) is 6.92 Å². The molecule has 0 atom stereocenters. The summed E-state index contributed by atoms with van der Waals surface area (Å²) in [4.78, 5) is 33.2. The summed E-state index contributed by atoms with van der Waals surface area (Å²) in [6, 6.07) is 0. The highest BCUT2D eigenvalue weighted by Gasteiger charge is 2.34. The molecule has 0 aliphatic carbocycles. The molecule has 3 N–H and O–H groups in total. The van der Waals surface area contributed by atoms with Crippen LogP contribution in [0.1, 0.15) is 77.6 Å². The summed E-state index contributed by atoms with van der Waals surface area (Å²) in [5.74, 6) is -3.66. The van der Waals surface area contributed by atoms with Gasteiger partial charge >= 0.3 is 17.9 Å². The lowest BCUT2D eigenvalue weighted by Gasteiger charge is -2.29. The number of quaternary nitrogens is 1. The van der Waals surface area contributed by atoms with Gasteiger partial charge in [0, 0.05) is 0 Å². The standard InChI is InChI=1S/C20H35NO6/c1-2-3-4-5-6-7-8-9-10-11-12-13-14-21(15-18(22)23,16-19(24)25)17-20(26)27/h13-14H,2-12,15-17H2,1H3,(H2-,22,23,24,25,26,27)/p+1/b14-13+. The van der Waals surface area contributed by atoms with E-state index >= 15 is 0 Å². The van der Waals surface area contributed by atoms with Gasteiger partial charge in [0.15, 0.2) is 19.6 Å². The largest absolute Gasteiger partial charge is 0.477 e. The summed E-state index contributed by atoms with van der Waals surface area (Å²) in [6.45, 7) is 0.524. The number of carbonyl (C=O) groups is 3. The molecule has 27 heavy (non-hydrogen) atoms. The molecule has 7 nitrogen and oxygen atoms in total. The third kappa shape index (κ3) is 14.9. The van der Waals surface area contributed by atoms with Crippen LogP contribution >= 0.6 is 0 Å². The maximum absolute atomic E-state index is 11.1. The Bertz CT molecular complexity index is 434. The van der Waals surface area contributed by atoms with Gasteiger partial charge in [0.2, 0.25) is 0 Å². The molecule has 0 aliphatic heterocycles. The van der Waals surface area contributed by atoms with Crippen molar-refractivity contribution < 1.29 is 34.2 Å². The molecule has 0 aromatic carbocycles. The maximum atomic E-state index is 11.1. The first-order valence-corrected chi connectivity index (χ1v) is 10.00. The zero-order valence-corrected chi connectivity index (χ0v) is 16.6. The Hall–Kier alpha value is -1.89. The quantitative estimate of drug-likeness (QED) is 0.243. The first-order chi connectivity index (χ1) is 12.8. The second-order valence-electron chi connectivity index (χ2n) is 7.23. The Morgan fingerprint density at radius 3 is 1.41 bits per heavy atom. The number of allylic oxidation sites excluding steroid dienone is 1. The van der Waals surface area contributed by atoms with E-state index < -0.39 is 42.0 Å². The van der Waals surface area contributed by atoms with Crippen LogP contribution in [-0.2, 0) is 14.4 Å². The Balaban J connectivity index is 4.24. The molecule has 0 amide bonds. The predicted octanol–water partition coefficient (Wildman–Crippen LogP) is 3.88. The molecule has 0 bridgehead atoms. The van der Waals surface area contributed by atoms with Gasteiger partial charge in [-0.1, -0.05) is 64.7 Å². The van der Waals surface area contributed by atoms with Crippen molar-refractivity contribution in [2.24, 2.45) is 0 Å². The summed E-state index contributed by atoms with van der Waals surface area (Å²) in [5.41, 5.74) is 0.